The Labute approximate surface area is 153 Å². The van der Waals surface area contributed by atoms with Crippen LogP contribution in [0.15, 0.2) is 48.5 Å². The van der Waals surface area contributed by atoms with Crippen molar-refractivity contribution in [2.45, 2.75) is 6.04 Å². The van der Waals surface area contributed by atoms with Crippen LogP contribution in [-0.4, -0.2) is 56.4 Å². The van der Waals surface area contributed by atoms with Crippen molar-refractivity contribution in [2.24, 2.45) is 0 Å². The molecule has 2 aromatic carbocycles. The van der Waals surface area contributed by atoms with Crippen molar-refractivity contribution >= 4 is 11.7 Å². The van der Waals surface area contributed by atoms with E-state index < -0.39 is 12.0 Å². The molecule has 1 atom stereocenters. The van der Waals surface area contributed by atoms with E-state index in [1.54, 1.807) is 20.3 Å². The number of benzene rings is 2. The molecule has 6 nitrogen and oxygen atoms in total. The third-order valence-corrected chi connectivity index (χ3v) is 4.75. The first kappa shape index (κ1) is 18.1. The lowest BCUT2D eigenvalue weighted by Gasteiger charge is -2.39. The largest absolute Gasteiger partial charge is 0.497 e. The van der Waals surface area contributed by atoms with E-state index >= 15 is 0 Å². The fourth-order valence-electron chi connectivity index (χ4n) is 3.43. The molecule has 1 fully saturated rings. The van der Waals surface area contributed by atoms with Crippen LogP contribution in [0.25, 0.3) is 0 Å². The lowest BCUT2D eigenvalue weighted by Crippen LogP contribution is -2.49. The smallest absolute Gasteiger partial charge is 0.325 e. The Morgan fingerprint density at radius 1 is 1.00 bits per heavy atom. The zero-order chi connectivity index (χ0) is 18.5. The highest BCUT2D eigenvalue weighted by Crippen LogP contribution is 2.31. The summed E-state index contributed by atoms with van der Waals surface area (Å²) in [6.07, 6.45) is 0. The molecule has 0 bridgehead atoms. The number of rotatable bonds is 6. The average Bonchev–Trinajstić information content (AvgIpc) is 2.68. The summed E-state index contributed by atoms with van der Waals surface area (Å²) in [4.78, 5) is 16.2. The van der Waals surface area contributed by atoms with Crippen LogP contribution in [0.4, 0.5) is 5.69 Å². The zero-order valence-corrected chi connectivity index (χ0v) is 15.1. The van der Waals surface area contributed by atoms with E-state index in [0.717, 1.165) is 30.1 Å². The minimum atomic E-state index is -0.844. The van der Waals surface area contributed by atoms with Gasteiger partial charge in [0, 0.05) is 26.2 Å². The maximum absolute atomic E-state index is 11.9. The quantitative estimate of drug-likeness (QED) is 0.859. The summed E-state index contributed by atoms with van der Waals surface area (Å²) in [6, 6.07) is 14.5. The van der Waals surface area contributed by atoms with Gasteiger partial charge in [-0.2, -0.15) is 0 Å². The first-order valence-electron chi connectivity index (χ1n) is 8.63. The van der Waals surface area contributed by atoms with Gasteiger partial charge >= 0.3 is 5.97 Å². The van der Waals surface area contributed by atoms with Crippen LogP contribution in [0.5, 0.6) is 11.5 Å². The minimum Gasteiger partial charge on any atom is -0.497 e. The Balaban J connectivity index is 1.75. The van der Waals surface area contributed by atoms with Gasteiger partial charge in [-0.1, -0.05) is 24.3 Å². The van der Waals surface area contributed by atoms with E-state index in [1.807, 2.05) is 47.4 Å². The molecule has 0 aromatic heterocycles. The molecule has 2 aromatic rings. The Hall–Kier alpha value is -2.73. The Kier molecular flexibility index (Phi) is 5.63. The Bertz CT molecular complexity index is 757. The van der Waals surface area contributed by atoms with Crippen molar-refractivity contribution in [3.63, 3.8) is 0 Å². The van der Waals surface area contributed by atoms with E-state index in [4.69, 9.17) is 9.47 Å². The normalized spacial score (nSPS) is 16.2. The van der Waals surface area contributed by atoms with Crippen molar-refractivity contribution in [3.8, 4) is 11.5 Å². The van der Waals surface area contributed by atoms with Crippen molar-refractivity contribution in [3.05, 3.63) is 54.1 Å². The summed E-state index contributed by atoms with van der Waals surface area (Å²) in [7, 11) is 3.25. The van der Waals surface area contributed by atoms with Gasteiger partial charge in [0.1, 0.15) is 17.5 Å². The topological polar surface area (TPSA) is 62.2 Å². The van der Waals surface area contributed by atoms with Gasteiger partial charge in [0.2, 0.25) is 0 Å². The molecule has 6 heteroatoms. The number of carboxylic acid groups (broad SMARTS) is 1. The molecule has 0 spiro atoms. The summed E-state index contributed by atoms with van der Waals surface area (Å²) in [6.45, 7) is 2.81. The summed E-state index contributed by atoms with van der Waals surface area (Å²) >= 11 is 0. The van der Waals surface area contributed by atoms with Gasteiger partial charge in [0.25, 0.3) is 0 Å². The summed E-state index contributed by atoms with van der Waals surface area (Å²) in [5.41, 5.74) is 1.78. The summed E-state index contributed by atoms with van der Waals surface area (Å²) in [5, 5.41) is 9.79. The fourth-order valence-corrected chi connectivity index (χ4v) is 3.43. The predicted molar refractivity (Wildman–Crippen MR) is 100 cm³/mol. The maximum Gasteiger partial charge on any atom is 0.325 e. The molecule has 1 N–H and O–H groups in total. The number of para-hydroxylation sites is 2. The molecule has 0 saturated carbocycles. The standard InChI is InChI=1S/C20H24N2O4/c1-25-16-7-5-6-15(14-16)19(20(23)24)22-12-10-21(11-13-22)17-8-3-4-9-18(17)26-2/h3-9,14,19H,10-13H2,1-2H3,(H,23,24). The third kappa shape index (κ3) is 3.75. The molecule has 0 amide bonds. The molecule has 138 valence electrons. The van der Waals surface area contributed by atoms with E-state index in [1.165, 1.54) is 0 Å². The van der Waals surface area contributed by atoms with Gasteiger partial charge in [-0.05, 0) is 29.8 Å². The number of hydrogen-bond donors (Lipinski definition) is 1. The minimum absolute atomic E-state index is 0.659. The molecule has 0 aliphatic carbocycles. The number of methoxy groups -OCH3 is 2. The average molecular weight is 356 g/mol. The second-order valence-corrected chi connectivity index (χ2v) is 6.21. The highest BCUT2D eigenvalue weighted by atomic mass is 16.5. The molecule has 26 heavy (non-hydrogen) atoms. The first-order valence-corrected chi connectivity index (χ1v) is 8.63. The second-order valence-electron chi connectivity index (χ2n) is 6.21. The Morgan fingerprint density at radius 3 is 2.38 bits per heavy atom. The lowest BCUT2D eigenvalue weighted by atomic mass is 10.0. The van der Waals surface area contributed by atoms with Crippen LogP contribution < -0.4 is 14.4 Å². The van der Waals surface area contributed by atoms with E-state index in [-0.39, 0.29) is 0 Å². The van der Waals surface area contributed by atoms with E-state index in [2.05, 4.69) is 4.90 Å². The van der Waals surface area contributed by atoms with E-state index in [9.17, 15) is 9.90 Å². The SMILES string of the molecule is COc1cccc(C(C(=O)O)N2CCN(c3ccccc3OC)CC2)c1. The van der Waals surface area contributed by atoms with Gasteiger partial charge in [-0.15, -0.1) is 0 Å². The molecule has 1 heterocycles. The molecule has 1 aliphatic heterocycles. The van der Waals surface area contributed by atoms with Crippen LogP contribution in [0.2, 0.25) is 0 Å². The van der Waals surface area contributed by atoms with Gasteiger partial charge in [-0.3, -0.25) is 9.69 Å². The van der Waals surface area contributed by atoms with Crippen molar-refractivity contribution < 1.29 is 19.4 Å². The van der Waals surface area contributed by atoms with E-state index in [0.29, 0.717) is 18.8 Å². The second kappa shape index (κ2) is 8.10. The van der Waals surface area contributed by atoms with Crippen molar-refractivity contribution in [2.75, 3.05) is 45.3 Å². The molecule has 1 unspecified atom stereocenters. The number of nitrogens with zero attached hydrogens (tertiary/aromatic N) is 2. The van der Waals surface area contributed by atoms with Gasteiger partial charge < -0.3 is 19.5 Å². The first-order chi connectivity index (χ1) is 12.6. The number of carboxylic acids is 1. The highest BCUT2D eigenvalue weighted by molar-refractivity contribution is 5.76. The number of carbonyl (C=O) groups is 1. The van der Waals surface area contributed by atoms with Crippen molar-refractivity contribution in [1.29, 1.82) is 0 Å². The van der Waals surface area contributed by atoms with Gasteiger partial charge in [0.15, 0.2) is 0 Å². The summed E-state index contributed by atoms with van der Waals surface area (Å²) in [5.74, 6) is 0.661. The molecule has 0 radical (unpaired) electrons. The molecule has 1 saturated heterocycles. The van der Waals surface area contributed by atoms with Crippen LogP contribution in [0.3, 0.4) is 0 Å². The molecule has 3 rings (SSSR count). The van der Waals surface area contributed by atoms with Crippen LogP contribution in [0, 0.1) is 0 Å². The Morgan fingerprint density at radius 2 is 1.73 bits per heavy atom. The predicted octanol–water partition coefficient (Wildman–Crippen LogP) is 2.65. The number of anilines is 1. The highest BCUT2D eigenvalue weighted by Gasteiger charge is 2.31. The number of piperazine rings is 1. The number of ether oxygens (including phenoxy) is 2. The van der Waals surface area contributed by atoms with Crippen LogP contribution >= 0.6 is 0 Å². The van der Waals surface area contributed by atoms with Crippen LogP contribution in [0.1, 0.15) is 11.6 Å². The maximum atomic E-state index is 11.9. The zero-order valence-electron chi connectivity index (χ0n) is 15.1. The molecular formula is C20H24N2O4. The van der Waals surface area contributed by atoms with Gasteiger partial charge in [-0.25, -0.2) is 0 Å². The molecule has 1 aliphatic rings. The fraction of sp³-hybridized carbons (Fsp3) is 0.350. The van der Waals surface area contributed by atoms with Gasteiger partial charge in [0.05, 0.1) is 19.9 Å². The lowest BCUT2D eigenvalue weighted by molar-refractivity contribution is -0.143. The number of aliphatic carboxylic acids is 1. The number of hydrogen-bond acceptors (Lipinski definition) is 5. The van der Waals surface area contributed by atoms with Crippen molar-refractivity contribution in [1.82, 2.24) is 4.90 Å². The summed E-state index contributed by atoms with van der Waals surface area (Å²) < 4.78 is 10.7. The monoisotopic (exact) mass is 356 g/mol. The third-order valence-electron chi connectivity index (χ3n) is 4.75. The molecular weight excluding hydrogens is 332 g/mol. The van der Waals surface area contributed by atoms with Crippen LogP contribution in [-0.2, 0) is 4.79 Å².